The summed E-state index contributed by atoms with van der Waals surface area (Å²) in [6.45, 7) is 4.32. The molecule has 0 saturated carbocycles. The van der Waals surface area contributed by atoms with Crippen molar-refractivity contribution in [1.82, 2.24) is 0 Å². The van der Waals surface area contributed by atoms with Crippen LogP contribution in [0.2, 0.25) is 5.02 Å². The fourth-order valence-corrected chi connectivity index (χ4v) is 2.09. The van der Waals surface area contributed by atoms with Crippen molar-refractivity contribution in [3.05, 3.63) is 23.2 Å². The summed E-state index contributed by atoms with van der Waals surface area (Å²) in [7, 11) is -3.25. The highest BCUT2D eigenvalue weighted by molar-refractivity contribution is 7.90. The Balaban J connectivity index is 2.96. The van der Waals surface area contributed by atoms with Gasteiger partial charge in [-0.25, -0.2) is 8.42 Å². The topological polar surface area (TPSA) is 66.4 Å². The molecule has 18 heavy (non-hydrogen) atoms. The molecule has 0 unspecified atom stereocenters. The fourth-order valence-electron chi connectivity index (χ4n) is 1.26. The number of sulfone groups is 1. The maximum absolute atomic E-state index is 11.4. The molecule has 102 valence electrons. The normalized spacial score (nSPS) is 12.5. The van der Waals surface area contributed by atoms with Crippen molar-refractivity contribution < 1.29 is 13.5 Å². The highest BCUT2D eigenvalue weighted by Gasteiger charge is 2.17. The Morgan fingerprint density at radius 2 is 2.00 bits per heavy atom. The summed E-state index contributed by atoms with van der Waals surface area (Å²) in [4.78, 5) is 0.219. The monoisotopic (exact) mass is 291 g/mol. The number of halogens is 1. The molecule has 0 aliphatic carbocycles. The Morgan fingerprint density at radius 1 is 1.39 bits per heavy atom. The number of anilines is 1. The van der Waals surface area contributed by atoms with E-state index in [4.69, 9.17) is 16.7 Å². The van der Waals surface area contributed by atoms with Gasteiger partial charge < -0.3 is 10.4 Å². The average Bonchev–Trinajstić information content (AvgIpc) is 2.26. The molecule has 0 saturated heterocycles. The van der Waals surface area contributed by atoms with E-state index in [1.54, 1.807) is 6.07 Å². The number of aliphatic hydroxyl groups excluding tert-OH is 1. The lowest BCUT2D eigenvalue weighted by Gasteiger charge is -2.23. The fraction of sp³-hybridized carbons (Fsp3) is 0.500. The maximum atomic E-state index is 11.4. The molecule has 0 radical (unpaired) electrons. The highest BCUT2D eigenvalue weighted by Crippen LogP contribution is 2.26. The van der Waals surface area contributed by atoms with Gasteiger partial charge in [0.15, 0.2) is 9.84 Å². The van der Waals surface area contributed by atoms with Crippen molar-refractivity contribution in [1.29, 1.82) is 0 Å². The summed E-state index contributed by atoms with van der Waals surface area (Å²) >= 11 is 6.00. The van der Waals surface area contributed by atoms with Gasteiger partial charge in [0.1, 0.15) is 0 Å². The second-order valence-electron chi connectivity index (χ2n) is 5.09. The Kier molecular flexibility index (Phi) is 4.64. The van der Waals surface area contributed by atoms with E-state index < -0.39 is 9.84 Å². The SMILES string of the molecule is CC(C)(CO)CNc1cc(S(C)(=O)=O)ccc1Cl. The molecule has 0 atom stereocenters. The molecule has 0 aliphatic heterocycles. The maximum Gasteiger partial charge on any atom is 0.175 e. The highest BCUT2D eigenvalue weighted by atomic mass is 35.5. The first-order chi connectivity index (χ1) is 8.15. The van der Waals surface area contributed by atoms with Gasteiger partial charge >= 0.3 is 0 Å². The van der Waals surface area contributed by atoms with E-state index in [0.717, 1.165) is 6.26 Å². The standard InChI is InChI=1S/C12H18ClNO3S/c1-12(2,8-15)7-14-11-6-9(18(3,16)17)4-5-10(11)13/h4-6,14-15H,7-8H2,1-3H3. The van der Waals surface area contributed by atoms with Crippen LogP contribution in [0.5, 0.6) is 0 Å². The van der Waals surface area contributed by atoms with Crippen molar-refractivity contribution in [2.24, 2.45) is 5.41 Å². The van der Waals surface area contributed by atoms with Gasteiger partial charge in [0, 0.05) is 24.8 Å². The largest absolute Gasteiger partial charge is 0.396 e. The minimum absolute atomic E-state index is 0.0311. The Labute approximate surface area is 113 Å². The van der Waals surface area contributed by atoms with Crippen molar-refractivity contribution >= 4 is 27.1 Å². The van der Waals surface area contributed by atoms with Crippen LogP contribution in [0.15, 0.2) is 23.1 Å². The van der Waals surface area contributed by atoms with Crippen LogP contribution in [0.4, 0.5) is 5.69 Å². The molecule has 1 rings (SSSR count). The summed E-state index contributed by atoms with van der Waals surface area (Å²) in [5.74, 6) is 0. The smallest absolute Gasteiger partial charge is 0.175 e. The Bertz CT molecular complexity index is 526. The van der Waals surface area contributed by atoms with E-state index in [2.05, 4.69) is 5.32 Å². The van der Waals surface area contributed by atoms with E-state index in [1.807, 2.05) is 13.8 Å². The van der Waals surface area contributed by atoms with Gasteiger partial charge in [0.2, 0.25) is 0 Å². The lowest BCUT2D eigenvalue weighted by atomic mass is 9.95. The number of hydrogen-bond acceptors (Lipinski definition) is 4. The molecule has 1 aromatic carbocycles. The van der Waals surface area contributed by atoms with Gasteiger partial charge in [-0.05, 0) is 18.2 Å². The molecular weight excluding hydrogens is 274 g/mol. The first kappa shape index (κ1) is 15.3. The van der Waals surface area contributed by atoms with Gasteiger partial charge in [-0.2, -0.15) is 0 Å². The lowest BCUT2D eigenvalue weighted by molar-refractivity contribution is 0.171. The lowest BCUT2D eigenvalue weighted by Crippen LogP contribution is -2.26. The summed E-state index contributed by atoms with van der Waals surface area (Å²) in [5, 5.41) is 12.7. The van der Waals surface area contributed by atoms with E-state index in [-0.39, 0.29) is 16.9 Å². The van der Waals surface area contributed by atoms with Crippen molar-refractivity contribution in [3.63, 3.8) is 0 Å². The van der Waals surface area contributed by atoms with Gasteiger partial charge in [0.05, 0.1) is 15.6 Å². The third kappa shape index (κ3) is 4.15. The number of hydrogen-bond donors (Lipinski definition) is 2. The summed E-state index contributed by atoms with van der Waals surface area (Å²) < 4.78 is 22.9. The van der Waals surface area contributed by atoms with Gasteiger partial charge in [-0.15, -0.1) is 0 Å². The van der Waals surface area contributed by atoms with Gasteiger partial charge in [-0.1, -0.05) is 25.4 Å². The van der Waals surface area contributed by atoms with E-state index >= 15 is 0 Å². The molecular formula is C12H18ClNO3S. The van der Waals surface area contributed by atoms with E-state index in [0.29, 0.717) is 17.3 Å². The molecule has 6 heteroatoms. The molecule has 1 aromatic rings. The molecule has 0 spiro atoms. The second-order valence-corrected chi connectivity index (χ2v) is 7.51. The molecule has 2 N–H and O–H groups in total. The molecule has 0 amide bonds. The second kappa shape index (κ2) is 5.47. The van der Waals surface area contributed by atoms with Crippen LogP contribution in [-0.4, -0.2) is 32.9 Å². The quantitative estimate of drug-likeness (QED) is 0.872. The van der Waals surface area contributed by atoms with Gasteiger partial charge in [-0.3, -0.25) is 0 Å². The van der Waals surface area contributed by atoms with Crippen LogP contribution in [0.25, 0.3) is 0 Å². The molecule has 0 aliphatic rings. The first-order valence-electron chi connectivity index (χ1n) is 5.50. The summed E-state index contributed by atoms with van der Waals surface area (Å²) in [5.41, 5.74) is 0.255. The van der Waals surface area contributed by atoms with Crippen LogP contribution in [0, 0.1) is 5.41 Å². The number of nitrogens with one attached hydrogen (secondary N) is 1. The van der Waals surface area contributed by atoms with E-state index in [1.165, 1.54) is 12.1 Å². The molecule has 0 bridgehead atoms. The van der Waals surface area contributed by atoms with E-state index in [9.17, 15) is 8.42 Å². The average molecular weight is 292 g/mol. The molecule has 0 aromatic heterocycles. The summed E-state index contributed by atoms with van der Waals surface area (Å²) in [6, 6.07) is 4.53. The third-order valence-corrected chi connectivity index (χ3v) is 3.99. The number of aliphatic hydroxyl groups is 1. The van der Waals surface area contributed by atoms with Crippen molar-refractivity contribution in [2.75, 3.05) is 24.7 Å². The van der Waals surface area contributed by atoms with Crippen molar-refractivity contribution in [3.8, 4) is 0 Å². The molecule has 0 heterocycles. The van der Waals surface area contributed by atoms with Crippen LogP contribution < -0.4 is 5.32 Å². The predicted octanol–water partition coefficient (Wildman–Crippen LogP) is 2.17. The number of benzene rings is 1. The van der Waals surface area contributed by atoms with Gasteiger partial charge in [0.25, 0.3) is 0 Å². The van der Waals surface area contributed by atoms with Crippen LogP contribution >= 0.6 is 11.6 Å². The number of rotatable bonds is 5. The third-order valence-electron chi connectivity index (χ3n) is 2.55. The van der Waals surface area contributed by atoms with Crippen LogP contribution in [0.3, 0.4) is 0 Å². The molecule has 4 nitrogen and oxygen atoms in total. The summed E-state index contributed by atoms with van der Waals surface area (Å²) in [6.07, 6.45) is 1.15. The Hall–Kier alpha value is -0.780. The van der Waals surface area contributed by atoms with Crippen LogP contribution in [0.1, 0.15) is 13.8 Å². The first-order valence-corrected chi connectivity index (χ1v) is 7.77. The predicted molar refractivity (Wildman–Crippen MR) is 73.9 cm³/mol. The zero-order chi connectivity index (χ0) is 14.0. The minimum atomic E-state index is -3.25. The zero-order valence-corrected chi connectivity index (χ0v) is 12.3. The minimum Gasteiger partial charge on any atom is -0.396 e. The Morgan fingerprint density at radius 3 is 2.50 bits per heavy atom. The zero-order valence-electron chi connectivity index (χ0n) is 10.7. The van der Waals surface area contributed by atoms with Crippen molar-refractivity contribution in [2.45, 2.75) is 18.7 Å². The molecule has 0 fully saturated rings. The van der Waals surface area contributed by atoms with Crippen LogP contribution in [-0.2, 0) is 9.84 Å².